The fourth-order valence-electron chi connectivity index (χ4n) is 2.76. The Bertz CT molecular complexity index is 610. The highest BCUT2D eigenvalue weighted by molar-refractivity contribution is 6.35. The highest BCUT2D eigenvalue weighted by atomic mass is 35.5. The Balaban J connectivity index is 1.88. The molecule has 1 fully saturated rings. The Hall–Kier alpha value is -1.10. The first-order chi connectivity index (χ1) is 10.1. The van der Waals surface area contributed by atoms with Crippen molar-refractivity contribution in [1.82, 2.24) is 10.1 Å². The molecule has 112 valence electrons. The molecule has 6 heteroatoms. The van der Waals surface area contributed by atoms with Gasteiger partial charge < -0.3 is 9.63 Å². The van der Waals surface area contributed by atoms with E-state index in [1.54, 1.807) is 18.2 Å². The molecule has 2 unspecified atom stereocenters. The summed E-state index contributed by atoms with van der Waals surface area (Å²) in [6, 6.07) is 5.14. The number of rotatable bonds is 2. The van der Waals surface area contributed by atoms with Gasteiger partial charge in [0.05, 0.1) is 12.0 Å². The van der Waals surface area contributed by atoms with Gasteiger partial charge in [0.1, 0.15) is 0 Å². The topological polar surface area (TPSA) is 59.2 Å². The van der Waals surface area contributed by atoms with Gasteiger partial charge in [-0.2, -0.15) is 4.98 Å². The molecule has 2 aromatic rings. The van der Waals surface area contributed by atoms with Crippen LogP contribution < -0.4 is 0 Å². The standard InChI is InChI=1S/C15H16Cl2N2O2/c16-10-6-9(7-11(17)8-10)14-18-15(21-19-14)12-4-2-1-3-5-13(12)20/h6-8,12-13,20H,1-5H2. The lowest BCUT2D eigenvalue weighted by Gasteiger charge is -2.15. The first kappa shape index (κ1) is 14.8. The lowest BCUT2D eigenvalue weighted by Crippen LogP contribution is -2.17. The predicted molar refractivity (Wildman–Crippen MR) is 81.6 cm³/mol. The molecule has 21 heavy (non-hydrogen) atoms. The quantitative estimate of drug-likeness (QED) is 0.828. The Kier molecular flexibility index (Phi) is 4.48. The largest absolute Gasteiger partial charge is 0.392 e. The fourth-order valence-corrected chi connectivity index (χ4v) is 3.29. The van der Waals surface area contributed by atoms with E-state index in [9.17, 15) is 5.11 Å². The van der Waals surface area contributed by atoms with Gasteiger partial charge in [0.25, 0.3) is 0 Å². The molecule has 0 aliphatic heterocycles. The highest BCUT2D eigenvalue weighted by Gasteiger charge is 2.28. The second-order valence-corrected chi connectivity index (χ2v) is 6.30. The maximum atomic E-state index is 10.2. The Morgan fingerprint density at radius 2 is 1.76 bits per heavy atom. The van der Waals surface area contributed by atoms with E-state index >= 15 is 0 Å². The molecule has 2 atom stereocenters. The van der Waals surface area contributed by atoms with Gasteiger partial charge in [-0.3, -0.25) is 0 Å². The number of aliphatic hydroxyl groups excluding tert-OH is 1. The lowest BCUT2D eigenvalue weighted by atomic mass is 9.97. The normalized spacial score (nSPS) is 23.0. The van der Waals surface area contributed by atoms with E-state index in [-0.39, 0.29) is 5.92 Å². The van der Waals surface area contributed by atoms with Crippen LogP contribution in [-0.2, 0) is 0 Å². The van der Waals surface area contributed by atoms with E-state index in [1.165, 1.54) is 0 Å². The van der Waals surface area contributed by atoms with Crippen molar-refractivity contribution in [2.75, 3.05) is 0 Å². The summed E-state index contributed by atoms with van der Waals surface area (Å²) >= 11 is 12.0. The number of benzene rings is 1. The number of halogens is 2. The second-order valence-electron chi connectivity index (χ2n) is 5.43. The van der Waals surface area contributed by atoms with E-state index in [2.05, 4.69) is 10.1 Å². The van der Waals surface area contributed by atoms with Crippen molar-refractivity contribution in [3.8, 4) is 11.4 Å². The number of aliphatic hydroxyl groups is 1. The molecule has 3 rings (SSSR count). The summed E-state index contributed by atoms with van der Waals surface area (Å²) in [6.45, 7) is 0. The van der Waals surface area contributed by atoms with Gasteiger partial charge >= 0.3 is 0 Å². The van der Waals surface area contributed by atoms with Gasteiger partial charge in [-0.15, -0.1) is 0 Å². The molecule has 4 nitrogen and oxygen atoms in total. The van der Waals surface area contributed by atoms with Crippen LogP contribution in [0.2, 0.25) is 10.0 Å². The molecule has 0 spiro atoms. The second kappa shape index (κ2) is 6.34. The Morgan fingerprint density at radius 3 is 2.52 bits per heavy atom. The van der Waals surface area contributed by atoms with Crippen molar-refractivity contribution >= 4 is 23.2 Å². The maximum absolute atomic E-state index is 10.2. The van der Waals surface area contributed by atoms with Crippen molar-refractivity contribution in [2.24, 2.45) is 0 Å². The highest BCUT2D eigenvalue weighted by Crippen LogP contribution is 2.33. The number of aromatic nitrogens is 2. The summed E-state index contributed by atoms with van der Waals surface area (Å²) in [5, 5.41) is 15.2. The summed E-state index contributed by atoms with van der Waals surface area (Å²) in [4.78, 5) is 4.42. The molecule has 1 aromatic heterocycles. The zero-order valence-electron chi connectivity index (χ0n) is 11.4. The van der Waals surface area contributed by atoms with Crippen LogP contribution >= 0.6 is 23.2 Å². The maximum Gasteiger partial charge on any atom is 0.232 e. The SMILES string of the molecule is OC1CCCCCC1c1nc(-c2cc(Cl)cc(Cl)c2)no1. The van der Waals surface area contributed by atoms with Crippen LogP contribution in [0.4, 0.5) is 0 Å². The molecular formula is C15H16Cl2N2O2. The van der Waals surface area contributed by atoms with Crippen LogP contribution in [0.15, 0.2) is 22.7 Å². The summed E-state index contributed by atoms with van der Waals surface area (Å²) in [6.07, 6.45) is 4.50. The average molecular weight is 327 g/mol. The van der Waals surface area contributed by atoms with Crippen LogP contribution in [0.25, 0.3) is 11.4 Å². The van der Waals surface area contributed by atoms with E-state index in [4.69, 9.17) is 27.7 Å². The molecule has 0 saturated heterocycles. The van der Waals surface area contributed by atoms with Crippen LogP contribution in [0.1, 0.15) is 43.9 Å². The van der Waals surface area contributed by atoms with Crippen LogP contribution in [0, 0.1) is 0 Å². The molecule has 1 saturated carbocycles. The van der Waals surface area contributed by atoms with Crippen molar-refractivity contribution in [3.63, 3.8) is 0 Å². The first-order valence-electron chi connectivity index (χ1n) is 7.11. The minimum Gasteiger partial charge on any atom is -0.392 e. The van der Waals surface area contributed by atoms with E-state index in [1.807, 2.05) is 0 Å². The van der Waals surface area contributed by atoms with Crippen molar-refractivity contribution in [2.45, 2.75) is 44.1 Å². The predicted octanol–water partition coefficient (Wildman–Crippen LogP) is 4.45. The molecule has 0 amide bonds. The smallest absolute Gasteiger partial charge is 0.232 e. The van der Waals surface area contributed by atoms with Crippen molar-refractivity contribution in [3.05, 3.63) is 34.1 Å². The number of hydrogen-bond acceptors (Lipinski definition) is 4. The third kappa shape index (κ3) is 3.39. The van der Waals surface area contributed by atoms with Gasteiger partial charge in [0, 0.05) is 15.6 Å². The molecule has 1 heterocycles. The molecule has 1 aliphatic rings. The van der Waals surface area contributed by atoms with Crippen molar-refractivity contribution in [1.29, 1.82) is 0 Å². The Morgan fingerprint density at radius 1 is 1.05 bits per heavy atom. The van der Waals surface area contributed by atoms with Gasteiger partial charge in [0.2, 0.25) is 11.7 Å². The minimum atomic E-state index is -0.413. The number of nitrogens with zero attached hydrogens (tertiary/aromatic N) is 2. The van der Waals surface area contributed by atoms with Gasteiger partial charge in [-0.05, 0) is 31.0 Å². The molecule has 0 radical (unpaired) electrons. The fraction of sp³-hybridized carbons (Fsp3) is 0.467. The average Bonchev–Trinajstić information content (AvgIpc) is 2.81. The summed E-state index contributed by atoms with van der Waals surface area (Å²) in [5.74, 6) is 0.866. The minimum absolute atomic E-state index is 0.0802. The van der Waals surface area contributed by atoms with Crippen LogP contribution in [-0.4, -0.2) is 21.4 Å². The van der Waals surface area contributed by atoms with Crippen LogP contribution in [0.3, 0.4) is 0 Å². The monoisotopic (exact) mass is 326 g/mol. The third-order valence-corrected chi connectivity index (χ3v) is 4.30. The number of hydrogen-bond donors (Lipinski definition) is 1. The Labute approximate surface area is 133 Å². The van der Waals surface area contributed by atoms with Gasteiger partial charge in [0.15, 0.2) is 0 Å². The van der Waals surface area contributed by atoms with Gasteiger partial charge in [-0.1, -0.05) is 47.6 Å². The van der Waals surface area contributed by atoms with Crippen LogP contribution in [0.5, 0.6) is 0 Å². The third-order valence-electron chi connectivity index (χ3n) is 3.86. The zero-order valence-corrected chi connectivity index (χ0v) is 12.9. The molecular weight excluding hydrogens is 311 g/mol. The summed E-state index contributed by atoms with van der Waals surface area (Å²) in [7, 11) is 0. The molecule has 1 N–H and O–H groups in total. The van der Waals surface area contributed by atoms with Gasteiger partial charge in [-0.25, -0.2) is 0 Å². The van der Waals surface area contributed by atoms with Crippen molar-refractivity contribution < 1.29 is 9.63 Å². The first-order valence-corrected chi connectivity index (χ1v) is 7.87. The zero-order chi connectivity index (χ0) is 14.8. The van der Waals surface area contributed by atoms with E-state index in [0.717, 1.165) is 32.1 Å². The molecule has 1 aromatic carbocycles. The summed E-state index contributed by atoms with van der Waals surface area (Å²) < 4.78 is 5.36. The molecule has 1 aliphatic carbocycles. The van der Waals surface area contributed by atoms with E-state index in [0.29, 0.717) is 27.3 Å². The lowest BCUT2D eigenvalue weighted by molar-refractivity contribution is 0.119. The molecule has 0 bridgehead atoms. The van der Waals surface area contributed by atoms with E-state index < -0.39 is 6.10 Å². The summed E-state index contributed by atoms with van der Waals surface area (Å²) in [5.41, 5.74) is 0.714.